The van der Waals surface area contributed by atoms with E-state index in [9.17, 15) is 4.79 Å². The first kappa shape index (κ1) is 21.4. The van der Waals surface area contributed by atoms with E-state index in [1.54, 1.807) is 4.90 Å². The number of amides is 1. The molecule has 1 saturated carbocycles. The minimum atomic E-state index is -0.174. The highest BCUT2D eigenvalue weighted by Crippen LogP contribution is 2.41. The molecular formula is C23H31N5O3S. The number of hydrogen-bond acceptors (Lipinski definition) is 7. The van der Waals surface area contributed by atoms with Crippen LogP contribution < -0.4 is 14.4 Å². The fraction of sp³-hybridized carbons (Fsp3) is 0.609. The largest absolute Gasteiger partial charge is 0.486 e. The van der Waals surface area contributed by atoms with Gasteiger partial charge in [0.2, 0.25) is 11.9 Å². The van der Waals surface area contributed by atoms with Crippen molar-refractivity contribution in [2.24, 2.45) is 5.92 Å². The van der Waals surface area contributed by atoms with Crippen LogP contribution in [0.1, 0.15) is 38.6 Å². The molecular weight excluding hydrogens is 426 g/mol. The zero-order valence-corrected chi connectivity index (χ0v) is 19.6. The number of piperidine rings is 1. The van der Waals surface area contributed by atoms with Crippen LogP contribution in [-0.4, -0.2) is 70.7 Å². The maximum absolute atomic E-state index is 12.8. The lowest BCUT2D eigenvalue weighted by atomic mass is 10.00. The monoisotopic (exact) mass is 457 g/mol. The first-order valence-electron chi connectivity index (χ1n) is 11.5. The summed E-state index contributed by atoms with van der Waals surface area (Å²) in [5.41, 5.74) is 0. The van der Waals surface area contributed by atoms with E-state index in [1.807, 2.05) is 31.3 Å². The highest BCUT2D eigenvalue weighted by Gasteiger charge is 2.33. The molecule has 1 aromatic heterocycles. The van der Waals surface area contributed by atoms with Gasteiger partial charge in [-0.1, -0.05) is 30.8 Å². The van der Waals surface area contributed by atoms with Gasteiger partial charge in [-0.3, -0.25) is 9.36 Å². The molecule has 3 heterocycles. The lowest BCUT2D eigenvalue weighted by molar-refractivity contribution is -0.128. The molecule has 2 fully saturated rings. The van der Waals surface area contributed by atoms with Crippen LogP contribution in [0.3, 0.4) is 0 Å². The maximum atomic E-state index is 12.8. The Morgan fingerprint density at radius 2 is 1.91 bits per heavy atom. The summed E-state index contributed by atoms with van der Waals surface area (Å²) < 4.78 is 14.0. The number of nitrogens with zero attached hydrogens (tertiary/aromatic N) is 5. The lowest BCUT2D eigenvalue weighted by Crippen LogP contribution is -2.42. The van der Waals surface area contributed by atoms with Crippen molar-refractivity contribution in [3.63, 3.8) is 0 Å². The van der Waals surface area contributed by atoms with Crippen molar-refractivity contribution in [1.82, 2.24) is 19.7 Å². The molecule has 3 aliphatic rings. The van der Waals surface area contributed by atoms with Crippen LogP contribution in [0.4, 0.5) is 5.95 Å². The van der Waals surface area contributed by atoms with Crippen molar-refractivity contribution < 1.29 is 14.3 Å². The number of hydrogen-bond donors (Lipinski definition) is 0. The SMILES string of the molecule is CC1CCN(c2nnc(SCC(=O)N(C)C[C@@H]3COc4ccccc4O3)n2C2CC2)CC1. The number of rotatable bonds is 7. The van der Waals surface area contributed by atoms with Crippen molar-refractivity contribution in [2.75, 3.05) is 43.9 Å². The van der Waals surface area contributed by atoms with Crippen LogP contribution >= 0.6 is 11.8 Å². The van der Waals surface area contributed by atoms with Gasteiger partial charge in [-0.15, -0.1) is 10.2 Å². The summed E-state index contributed by atoms with van der Waals surface area (Å²) in [4.78, 5) is 16.9. The number of thioether (sulfide) groups is 1. The Morgan fingerprint density at radius 1 is 1.16 bits per heavy atom. The Bertz CT molecular complexity index is 955. The zero-order chi connectivity index (χ0) is 22.1. The van der Waals surface area contributed by atoms with Crippen molar-refractivity contribution in [1.29, 1.82) is 0 Å². The van der Waals surface area contributed by atoms with Crippen molar-refractivity contribution in [3.8, 4) is 11.5 Å². The fourth-order valence-electron chi connectivity index (χ4n) is 4.24. The third kappa shape index (κ3) is 4.67. The van der Waals surface area contributed by atoms with E-state index in [4.69, 9.17) is 9.47 Å². The molecule has 8 nitrogen and oxygen atoms in total. The molecule has 1 atom stereocenters. The van der Waals surface area contributed by atoms with Crippen LogP contribution in [-0.2, 0) is 4.79 Å². The Kier molecular flexibility index (Phi) is 6.17. The van der Waals surface area contributed by atoms with Gasteiger partial charge in [-0.2, -0.15) is 0 Å². The molecule has 32 heavy (non-hydrogen) atoms. The predicted octanol–water partition coefficient (Wildman–Crippen LogP) is 3.24. The first-order chi connectivity index (χ1) is 15.6. The normalized spacial score (nSPS) is 20.9. The quantitative estimate of drug-likeness (QED) is 0.591. The van der Waals surface area contributed by atoms with E-state index >= 15 is 0 Å². The predicted molar refractivity (Wildman–Crippen MR) is 124 cm³/mol. The van der Waals surface area contributed by atoms with Gasteiger partial charge in [0.1, 0.15) is 6.61 Å². The molecule has 172 valence electrons. The van der Waals surface area contributed by atoms with Crippen LogP contribution in [0.5, 0.6) is 11.5 Å². The first-order valence-corrected chi connectivity index (χ1v) is 12.5. The minimum absolute atomic E-state index is 0.0520. The third-order valence-electron chi connectivity index (χ3n) is 6.42. The van der Waals surface area contributed by atoms with Gasteiger partial charge in [-0.25, -0.2) is 0 Å². The Labute approximate surface area is 193 Å². The fourth-order valence-corrected chi connectivity index (χ4v) is 5.18. The second-order valence-corrected chi connectivity index (χ2v) is 10.1. The number of carbonyl (C=O) groups excluding carboxylic acids is 1. The average Bonchev–Trinajstić information content (AvgIpc) is 3.56. The topological polar surface area (TPSA) is 72.7 Å². The maximum Gasteiger partial charge on any atom is 0.232 e. The molecule has 2 aliphatic heterocycles. The Hall–Kier alpha value is -2.42. The third-order valence-corrected chi connectivity index (χ3v) is 7.35. The molecule has 1 aliphatic carbocycles. The summed E-state index contributed by atoms with van der Waals surface area (Å²) in [6, 6.07) is 8.11. The molecule has 1 amide bonds. The molecule has 1 aromatic carbocycles. The van der Waals surface area contributed by atoms with Crippen molar-refractivity contribution in [3.05, 3.63) is 24.3 Å². The average molecular weight is 458 g/mol. The summed E-state index contributed by atoms with van der Waals surface area (Å²) in [6.07, 6.45) is 4.54. The highest BCUT2D eigenvalue weighted by molar-refractivity contribution is 7.99. The van der Waals surface area contributed by atoms with Crippen LogP contribution in [0.2, 0.25) is 0 Å². The highest BCUT2D eigenvalue weighted by atomic mass is 32.2. The molecule has 0 radical (unpaired) electrons. The number of ether oxygens (including phenoxy) is 2. The van der Waals surface area contributed by atoms with Gasteiger partial charge < -0.3 is 19.3 Å². The Morgan fingerprint density at radius 3 is 2.66 bits per heavy atom. The number of benzene rings is 1. The van der Waals surface area contributed by atoms with E-state index in [2.05, 4.69) is 26.6 Å². The molecule has 2 aromatic rings. The van der Waals surface area contributed by atoms with E-state index in [0.29, 0.717) is 24.9 Å². The molecule has 0 N–H and O–H groups in total. The second-order valence-electron chi connectivity index (χ2n) is 9.11. The summed E-state index contributed by atoms with van der Waals surface area (Å²) in [5.74, 6) is 3.63. The minimum Gasteiger partial charge on any atom is -0.486 e. The molecule has 1 saturated heterocycles. The lowest BCUT2D eigenvalue weighted by Gasteiger charge is -2.31. The zero-order valence-electron chi connectivity index (χ0n) is 18.8. The van der Waals surface area contributed by atoms with Gasteiger partial charge in [0.15, 0.2) is 22.8 Å². The summed E-state index contributed by atoms with van der Waals surface area (Å²) in [7, 11) is 1.82. The van der Waals surface area contributed by atoms with Gasteiger partial charge in [0.25, 0.3) is 0 Å². The standard InChI is InChI=1S/C23H31N5O3S/c1-16-9-11-27(12-10-16)22-24-25-23(28(22)17-7-8-17)32-15-21(29)26(2)13-18-14-30-19-5-3-4-6-20(19)31-18/h3-6,16-18H,7-15H2,1-2H3/t18-/m1/s1. The summed E-state index contributed by atoms with van der Waals surface area (Å²) in [5, 5.41) is 9.84. The van der Waals surface area contributed by atoms with Gasteiger partial charge in [-0.05, 0) is 43.7 Å². The molecule has 0 bridgehead atoms. The number of anilines is 1. The molecule has 0 unspecified atom stereocenters. The van der Waals surface area contributed by atoms with E-state index in [-0.39, 0.29) is 12.0 Å². The molecule has 0 spiro atoms. The second kappa shape index (κ2) is 9.21. The number of aromatic nitrogens is 3. The van der Waals surface area contributed by atoms with Crippen LogP contribution in [0.15, 0.2) is 29.4 Å². The van der Waals surface area contributed by atoms with Crippen LogP contribution in [0, 0.1) is 5.92 Å². The van der Waals surface area contributed by atoms with Gasteiger partial charge in [0, 0.05) is 26.2 Å². The smallest absolute Gasteiger partial charge is 0.232 e. The van der Waals surface area contributed by atoms with E-state index < -0.39 is 0 Å². The molecule has 5 rings (SSSR count). The van der Waals surface area contributed by atoms with E-state index in [0.717, 1.165) is 54.5 Å². The Balaban J connectivity index is 1.17. The van der Waals surface area contributed by atoms with Gasteiger partial charge in [0.05, 0.1) is 12.3 Å². The summed E-state index contributed by atoms with van der Waals surface area (Å²) in [6.45, 7) is 5.31. The van der Waals surface area contributed by atoms with Crippen LogP contribution in [0.25, 0.3) is 0 Å². The number of para-hydroxylation sites is 2. The molecule has 9 heteroatoms. The number of carbonyl (C=O) groups is 1. The number of fused-ring (bicyclic) bond motifs is 1. The van der Waals surface area contributed by atoms with Gasteiger partial charge >= 0.3 is 0 Å². The van der Waals surface area contributed by atoms with Crippen molar-refractivity contribution in [2.45, 2.75) is 49.9 Å². The van der Waals surface area contributed by atoms with E-state index in [1.165, 1.54) is 24.6 Å². The van der Waals surface area contributed by atoms with Crippen molar-refractivity contribution >= 4 is 23.6 Å². The summed E-state index contributed by atoms with van der Waals surface area (Å²) >= 11 is 1.49. The number of likely N-dealkylation sites (N-methyl/N-ethyl adjacent to an activating group) is 1.